The van der Waals surface area contributed by atoms with E-state index in [0.29, 0.717) is 17.7 Å². The van der Waals surface area contributed by atoms with Gasteiger partial charge in [0.25, 0.3) is 0 Å². The summed E-state index contributed by atoms with van der Waals surface area (Å²) in [6.07, 6.45) is -12.8. The van der Waals surface area contributed by atoms with Gasteiger partial charge in [0.2, 0.25) is 5.91 Å². The number of piperidine rings is 1. The summed E-state index contributed by atoms with van der Waals surface area (Å²) >= 11 is 0. The first kappa shape index (κ1) is 33.2. The molecule has 0 aliphatic carbocycles. The molecule has 6 nitrogen and oxygen atoms in total. The van der Waals surface area contributed by atoms with E-state index in [1.165, 1.54) is 36.1 Å². The number of nitrogens with one attached hydrogen (secondary N) is 1. The predicted octanol–water partition coefficient (Wildman–Crippen LogP) is 7.78. The number of rotatable bonds is 7. The molecule has 2 aliphatic rings. The molecule has 5 atom stereocenters. The lowest BCUT2D eigenvalue weighted by atomic mass is 9.78. The molecule has 2 heterocycles. The average molecular weight is 653 g/mol. The lowest BCUT2D eigenvalue weighted by Crippen LogP contribution is -2.58. The van der Waals surface area contributed by atoms with Crippen molar-refractivity contribution in [3.05, 3.63) is 106 Å². The number of fused-ring (bicyclic) bond motifs is 1. The van der Waals surface area contributed by atoms with Crippen molar-refractivity contribution in [2.75, 3.05) is 6.54 Å². The number of benzene rings is 3. The Morgan fingerprint density at radius 1 is 0.978 bits per heavy atom. The van der Waals surface area contributed by atoms with Crippen LogP contribution >= 0.6 is 0 Å². The van der Waals surface area contributed by atoms with Crippen molar-refractivity contribution in [2.45, 2.75) is 75.4 Å². The van der Waals surface area contributed by atoms with E-state index in [1.54, 1.807) is 31.2 Å². The molecule has 2 saturated heterocycles. The molecule has 0 spiro atoms. The molecular weight excluding hydrogens is 621 g/mol. The smallest absolute Gasteiger partial charge is 0.416 e. The van der Waals surface area contributed by atoms with E-state index in [9.17, 15) is 40.3 Å². The molecule has 46 heavy (non-hydrogen) atoms. The first-order valence-electron chi connectivity index (χ1n) is 14.5. The monoisotopic (exact) mass is 652 g/mol. The predicted molar refractivity (Wildman–Crippen MR) is 152 cm³/mol. The lowest BCUT2D eigenvalue weighted by molar-refractivity contribution is -0.143. The fraction of sp³-hybridized carbons (Fsp3) is 0.394. The Bertz CT molecular complexity index is 1530. The van der Waals surface area contributed by atoms with Gasteiger partial charge in [-0.2, -0.15) is 26.3 Å². The minimum absolute atomic E-state index is 0.00382. The van der Waals surface area contributed by atoms with Gasteiger partial charge in [0.05, 0.1) is 28.9 Å². The van der Waals surface area contributed by atoms with Crippen LogP contribution in [-0.4, -0.2) is 41.1 Å². The number of carbonyl (C=O) groups is 2. The number of alkyl carbamates (subject to hydrolysis) is 1. The van der Waals surface area contributed by atoms with Crippen LogP contribution in [0.3, 0.4) is 0 Å². The molecule has 246 valence electrons. The maximum absolute atomic E-state index is 13.9. The topological polar surface area (TPSA) is 67.9 Å². The lowest BCUT2D eigenvalue weighted by Gasteiger charge is -2.43. The van der Waals surface area contributed by atoms with Crippen molar-refractivity contribution in [3.8, 4) is 0 Å². The maximum atomic E-state index is 13.9. The minimum Gasteiger partial charge on any atom is -0.445 e. The van der Waals surface area contributed by atoms with Gasteiger partial charge in [0.15, 0.2) is 0 Å². The van der Waals surface area contributed by atoms with Crippen molar-refractivity contribution >= 4 is 12.0 Å². The van der Waals surface area contributed by atoms with Crippen LogP contribution < -0.4 is 5.32 Å². The second-order valence-corrected chi connectivity index (χ2v) is 12.0. The summed E-state index contributed by atoms with van der Waals surface area (Å²) in [6.45, 7) is 3.01. The summed E-state index contributed by atoms with van der Waals surface area (Å²) in [6, 6.07) is 15.1. The van der Waals surface area contributed by atoms with Gasteiger partial charge in [-0.1, -0.05) is 42.5 Å². The Balaban J connectivity index is 1.41. The number of halogens is 7. The van der Waals surface area contributed by atoms with Gasteiger partial charge in [-0.25, -0.2) is 9.18 Å². The number of hydrogen-bond acceptors (Lipinski definition) is 4. The van der Waals surface area contributed by atoms with Crippen molar-refractivity contribution in [3.63, 3.8) is 0 Å². The molecule has 2 amide bonds. The van der Waals surface area contributed by atoms with Gasteiger partial charge in [-0.3, -0.25) is 4.79 Å². The second kappa shape index (κ2) is 12.6. The normalized spacial score (nSPS) is 24.0. The Hall–Kier alpha value is -4.13. The maximum Gasteiger partial charge on any atom is 0.416 e. The number of carbonyl (C=O) groups excluding carboxylic acids is 2. The Morgan fingerprint density at radius 3 is 2.17 bits per heavy atom. The zero-order valence-electron chi connectivity index (χ0n) is 24.8. The molecule has 3 aromatic rings. The highest BCUT2D eigenvalue weighted by Gasteiger charge is 2.53. The van der Waals surface area contributed by atoms with E-state index in [2.05, 4.69) is 5.32 Å². The zero-order chi connectivity index (χ0) is 33.4. The van der Waals surface area contributed by atoms with Crippen molar-refractivity contribution < 1.29 is 49.8 Å². The number of amides is 2. The van der Waals surface area contributed by atoms with E-state index < -0.39 is 65.1 Å². The van der Waals surface area contributed by atoms with Crippen LogP contribution in [0, 0.1) is 5.82 Å². The summed E-state index contributed by atoms with van der Waals surface area (Å²) in [5.74, 6) is -1.52. The largest absolute Gasteiger partial charge is 0.445 e. The number of alkyl halides is 6. The number of ether oxygens (including phenoxy) is 2. The van der Waals surface area contributed by atoms with Crippen LogP contribution in [0.25, 0.3) is 0 Å². The third-order valence-corrected chi connectivity index (χ3v) is 8.44. The van der Waals surface area contributed by atoms with Crippen molar-refractivity contribution in [2.24, 2.45) is 0 Å². The number of hydrogen-bond donors (Lipinski definition) is 1. The quantitative estimate of drug-likeness (QED) is 0.265. The summed E-state index contributed by atoms with van der Waals surface area (Å²) < 4.78 is 107. The molecule has 0 saturated carbocycles. The van der Waals surface area contributed by atoms with E-state index in [4.69, 9.17) is 9.47 Å². The second-order valence-electron chi connectivity index (χ2n) is 12.0. The first-order valence-corrected chi connectivity index (χ1v) is 14.5. The molecule has 0 bridgehead atoms. The molecule has 0 aromatic heterocycles. The molecule has 1 N–H and O–H groups in total. The van der Waals surface area contributed by atoms with Crippen molar-refractivity contribution in [1.82, 2.24) is 10.2 Å². The average Bonchev–Trinajstić information content (AvgIpc) is 3.33. The number of nitrogens with zero attached hydrogens (tertiary/aromatic N) is 1. The molecule has 2 fully saturated rings. The van der Waals surface area contributed by atoms with Gasteiger partial charge in [0, 0.05) is 24.9 Å². The van der Waals surface area contributed by atoms with Crippen LogP contribution in [0.5, 0.6) is 0 Å². The van der Waals surface area contributed by atoms with Crippen LogP contribution in [0.15, 0.2) is 72.8 Å². The van der Waals surface area contributed by atoms with Crippen LogP contribution in [-0.2, 0) is 33.2 Å². The molecule has 5 rings (SSSR count). The highest BCUT2D eigenvalue weighted by Crippen LogP contribution is 2.45. The Kier molecular flexibility index (Phi) is 9.09. The van der Waals surface area contributed by atoms with Gasteiger partial charge in [0.1, 0.15) is 12.4 Å². The van der Waals surface area contributed by atoms with E-state index in [1.807, 2.05) is 6.07 Å². The summed E-state index contributed by atoms with van der Waals surface area (Å²) in [4.78, 5) is 27.8. The molecule has 3 aromatic carbocycles. The fourth-order valence-electron chi connectivity index (χ4n) is 6.28. The zero-order valence-corrected chi connectivity index (χ0v) is 24.8. The van der Waals surface area contributed by atoms with Crippen LogP contribution in [0.4, 0.5) is 35.5 Å². The van der Waals surface area contributed by atoms with Crippen molar-refractivity contribution in [1.29, 1.82) is 0 Å². The SMILES string of the molecule is C[C@@H](OC1CN2C(=O)CC(C)(NC(=O)OCc3ccccc3)CC2C1c1ccc(F)cc1)c1cc(C(F)(F)F)cc(C(F)(F)F)c1. The summed E-state index contributed by atoms with van der Waals surface area (Å²) in [7, 11) is 0. The molecular formula is C33H31F7N2O4. The van der Waals surface area contributed by atoms with E-state index >= 15 is 0 Å². The van der Waals surface area contributed by atoms with Gasteiger partial charge < -0.3 is 19.7 Å². The Morgan fingerprint density at radius 2 is 1.59 bits per heavy atom. The fourth-order valence-corrected chi connectivity index (χ4v) is 6.28. The molecule has 2 aliphatic heterocycles. The standard InChI is InChI=1S/C33H31F7N2O4/c1-19(22-12-23(32(35,36)37)14-24(13-22)33(38,39)40)46-27-17-42-26(29(27)21-8-10-25(34)11-9-21)15-31(2,16-28(42)43)41-30(44)45-18-20-6-4-3-5-7-20/h3-14,19,26-27,29H,15-18H2,1-2H3,(H,41,44)/t19-,26?,27?,29?,31?/m1/s1. The van der Waals surface area contributed by atoms with E-state index in [0.717, 1.165) is 5.56 Å². The Labute approximate surface area is 260 Å². The summed E-state index contributed by atoms with van der Waals surface area (Å²) in [5.41, 5.74) is -3.03. The molecule has 4 unspecified atom stereocenters. The van der Waals surface area contributed by atoms with Gasteiger partial charge in [-0.05, 0) is 67.3 Å². The third-order valence-electron chi connectivity index (χ3n) is 8.44. The van der Waals surface area contributed by atoms with Gasteiger partial charge >= 0.3 is 18.4 Å². The molecule has 13 heteroatoms. The summed E-state index contributed by atoms with van der Waals surface area (Å²) in [5, 5.41) is 2.79. The van der Waals surface area contributed by atoms with Gasteiger partial charge in [-0.15, -0.1) is 0 Å². The first-order chi connectivity index (χ1) is 21.5. The van der Waals surface area contributed by atoms with E-state index in [-0.39, 0.29) is 43.5 Å². The highest BCUT2D eigenvalue weighted by atomic mass is 19.4. The highest BCUT2D eigenvalue weighted by molar-refractivity contribution is 5.81. The minimum atomic E-state index is -5.04. The third kappa shape index (κ3) is 7.46. The van der Waals surface area contributed by atoms with Crippen LogP contribution in [0.2, 0.25) is 0 Å². The van der Waals surface area contributed by atoms with Crippen LogP contribution in [0.1, 0.15) is 66.5 Å². The molecule has 0 radical (unpaired) electrons.